The molecule has 1 aromatic rings. The van der Waals surface area contributed by atoms with Gasteiger partial charge in [0.15, 0.2) is 0 Å². The number of carbonyl (C=O) groups excluding carboxylic acids is 2. The Morgan fingerprint density at radius 1 is 1.53 bits per heavy atom. The summed E-state index contributed by atoms with van der Waals surface area (Å²) in [6, 6.07) is 1.99. The molecule has 0 radical (unpaired) electrons. The first kappa shape index (κ1) is 13.5. The minimum Gasteiger partial charge on any atom is -0.465 e. The number of nitrogens with zero attached hydrogens (tertiary/aromatic N) is 1. The zero-order valence-electron chi connectivity index (χ0n) is 9.49. The predicted octanol–water partition coefficient (Wildman–Crippen LogP) is 2.09. The fourth-order valence-electron chi connectivity index (χ4n) is 1.19. The SMILES string of the molecule is COC(=O)c1sc(SC)c(C#N)c1NC(C)=O. The summed E-state index contributed by atoms with van der Waals surface area (Å²) in [4.78, 5) is 22.8. The molecule has 1 heterocycles. The highest BCUT2D eigenvalue weighted by molar-refractivity contribution is 8.00. The third-order valence-electron chi connectivity index (χ3n) is 1.84. The number of anilines is 1. The second-order valence-corrected chi connectivity index (χ2v) is 5.05. The number of amides is 1. The molecule has 1 rings (SSSR count). The van der Waals surface area contributed by atoms with Crippen LogP contribution in [-0.2, 0) is 9.53 Å². The molecule has 0 atom stereocenters. The Labute approximate surface area is 107 Å². The number of hydrogen-bond acceptors (Lipinski definition) is 6. The lowest BCUT2D eigenvalue weighted by atomic mass is 10.2. The molecule has 0 bridgehead atoms. The molecule has 0 fully saturated rings. The first-order valence-electron chi connectivity index (χ1n) is 4.51. The Bertz CT molecular complexity index is 502. The molecule has 0 aliphatic rings. The van der Waals surface area contributed by atoms with Crippen LogP contribution in [0.15, 0.2) is 4.21 Å². The van der Waals surface area contributed by atoms with Crippen molar-refractivity contribution in [2.24, 2.45) is 0 Å². The average Bonchev–Trinajstić information content (AvgIpc) is 2.65. The number of hydrogen-bond donors (Lipinski definition) is 1. The summed E-state index contributed by atoms with van der Waals surface area (Å²) in [5.74, 6) is -0.896. The van der Waals surface area contributed by atoms with E-state index in [1.807, 2.05) is 6.07 Å². The molecular formula is C10H10N2O3S2. The number of ether oxygens (including phenoxy) is 1. The van der Waals surface area contributed by atoms with Crippen LogP contribution in [0.2, 0.25) is 0 Å². The topological polar surface area (TPSA) is 79.2 Å². The van der Waals surface area contributed by atoms with Gasteiger partial charge < -0.3 is 10.1 Å². The van der Waals surface area contributed by atoms with Crippen molar-refractivity contribution in [3.8, 4) is 6.07 Å². The van der Waals surface area contributed by atoms with Gasteiger partial charge in [-0.15, -0.1) is 23.1 Å². The molecule has 90 valence electrons. The van der Waals surface area contributed by atoms with Gasteiger partial charge in [-0.3, -0.25) is 4.79 Å². The summed E-state index contributed by atoms with van der Waals surface area (Å²) >= 11 is 2.48. The van der Waals surface area contributed by atoms with Gasteiger partial charge in [0.25, 0.3) is 0 Å². The van der Waals surface area contributed by atoms with Gasteiger partial charge in [-0.1, -0.05) is 0 Å². The van der Waals surface area contributed by atoms with Crippen LogP contribution in [0.3, 0.4) is 0 Å². The van der Waals surface area contributed by atoms with Gasteiger partial charge >= 0.3 is 5.97 Å². The molecule has 1 amide bonds. The second-order valence-electron chi connectivity index (χ2n) is 2.96. The molecule has 1 N–H and O–H groups in total. The molecule has 0 aliphatic heterocycles. The zero-order chi connectivity index (χ0) is 13.0. The molecule has 0 unspecified atom stereocenters. The van der Waals surface area contributed by atoms with Gasteiger partial charge in [-0.2, -0.15) is 5.26 Å². The fourth-order valence-corrected chi connectivity index (χ4v) is 2.98. The minimum atomic E-state index is -0.560. The number of nitriles is 1. The van der Waals surface area contributed by atoms with Crippen LogP contribution in [0.4, 0.5) is 5.69 Å². The lowest BCUT2D eigenvalue weighted by Crippen LogP contribution is -2.10. The van der Waals surface area contributed by atoms with Gasteiger partial charge in [-0.25, -0.2) is 4.79 Å². The van der Waals surface area contributed by atoms with E-state index in [1.165, 1.54) is 25.8 Å². The van der Waals surface area contributed by atoms with Gasteiger partial charge in [0.2, 0.25) is 5.91 Å². The highest BCUT2D eigenvalue weighted by Gasteiger charge is 2.23. The van der Waals surface area contributed by atoms with Crippen molar-refractivity contribution in [1.82, 2.24) is 0 Å². The lowest BCUT2D eigenvalue weighted by molar-refractivity contribution is -0.114. The van der Waals surface area contributed by atoms with Gasteiger partial charge in [0, 0.05) is 6.92 Å². The summed E-state index contributed by atoms with van der Waals surface area (Å²) in [5.41, 5.74) is 0.541. The number of methoxy groups -OCH3 is 1. The van der Waals surface area contributed by atoms with Crippen LogP contribution in [-0.4, -0.2) is 25.2 Å². The Kier molecular flexibility index (Phi) is 4.54. The molecular weight excluding hydrogens is 260 g/mol. The highest BCUT2D eigenvalue weighted by atomic mass is 32.2. The highest BCUT2D eigenvalue weighted by Crippen LogP contribution is 2.38. The number of thioether (sulfide) groups is 1. The summed E-state index contributed by atoms with van der Waals surface area (Å²) in [5, 5.41) is 11.5. The maximum absolute atomic E-state index is 11.5. The van der Waals surface area contributed by atoms with E-state index < -0.39 is 5.97 Å². The smallest absolute Gasteiger partial charge is 0.350 e. The van der Waals surface area contributed by atoms with E-state index in [9.17, 15) is 9.59 Å². The van der Waals surface area contributed by atoms with E-state index in [0.29, 0.717) is 9.77 Å². The molecule has 5 nitrogen and oxygen atoms in total. The van der Waals surface area contributed by atoms with Crippen LogP contribution >= 0.6 is 23.1 Å². The fraction of sp³-hybridized carbons (Fsp3) is 0.300. The number of thiophene rings is 1. The number of nitrogens with one attached hydrogen (secondary N) is 1. The molecule has 1 aromatic heterocycles. The summed E-state index contributed by atoms with van der Waals surface area (Å²) in [6.07, 6.45) is 1.80. The van der Waals surface area contributed by atoms with Gasteiger partial charge in [-0.05, 0) is 6.26 Å². The number of esters is 1. The lowest BCUT2D eigenvalue weighted by Gasteiger charge is -2.02. The van der Waals surface area contributed by atoms with Gasteiger partial charge in [0.1, 0.15) is 16.5 Å². The summed E-state index contributed by atoms with van der Waals surface area (Å²) in [6.45, 7) is 1.32. The average molecular weight is 270 g/mol. The normalized spacial score (nSPS) is 9.53. The number of carbonyl (C=O) groups is 2. The maximum atomic E-state index is 11.5. The van der Waals surface area contributed by atoms with E-state index in [0.717, 1.165) is 11.3 Å². The molecule has 0 aromatic carbocycles. The van der Waals surface area contributed by atoms with E-state index in [2.05, 4.69) is 10.1 Å². The van der Waals surface area contributed by atoms with Crippen molar-refractivity contribution >= 4 is 40.7 Å². The predicted molar refractivity (Wildman–Crippen MR) is 66.5 cm³/mol. The van der Waals surface area contributed by atoms with Crippen molar-refractivity contribution in [1.29, 1.82) is 5.26 Å². The first-order chi connectivity index (χ1) is 8.04. The largest absolute Gasteiger partial charge is 0.465 e. The molecule has 17 heavy (non-hydrogen) atoms. The first-order valence-corrected chi connectivity index (χ1v) is 6.56. The Balaban J connectivity index is 3.38. The quantitative estimate of drug-likeness (QED) is 0.672. The Morgan fingerprint density at radius 3 is 2.59 bits per heavy atom. The molecule has 0 saturated carbocycles. The van der Waals surface area contributed by atoms with E-state index >= 15 is 0 Å². The Hall–Kier alpha value is -1.52. The zero-order valence-corrected chi connectivity index (χ0v) is 11.1. The second kappa shape index (κ2) is 5.70. The third kappa shape index (κ3) is 2.78. The molecule has 0 spiro atoms. The monoisotopic (exact) mass is 270 g/mol. The van der Waals surface area contributed by atoms with Gasteiger partial charge in [0.05, 0.1) is 17.0 Å². The summed E-state index contributed by atoms with van der Waals surface area (Å²) in [7, 11) is 1.25. The van der Waals surface area contributed by atoms with Crippen molar-refractivity contribution in [2.75, 3.05) is 18.7 Å². The van der Waals surface area contributed by atoms with E-state index in [-0.39, 0.29) is 16.5 Å². The molecule has 0 saturated heterocycles. The van der Waals surface area contributed by atoms with Crippen LogP contribution in [0.1, 0.15) is 22.2 Å². The van der Waals surface area contributed by atoms with Crippen molar-refractivity contribution in [2.45, 2.75) is 11.1 Å². The standard InChI is InChI=1S/C10H10N2O3S2/c1-5(13)12-7-6(4-11)10(16-3)17-8(7)9(14)15-2/h1-3H3,(H,12,13). The van der Waals surface area contributed by atoms with E-state index in [1.54, 1.807) is 6.26 Å². The van der Waals surface area contributed by atoms with Crippen LogP contribution in [0, 0.1) is 11.3 Å². The maximum Gasteiger partial charge on any atom is 0.350 e. The molecule has 7 heteroatoms. The third-order valence-corrected chi connectivity index (χ3v) is 4.13. The summed E-state index contributed by atoms with van der Waals surface area (Å²) < 4.78 is 5.29. The number of rotatable bonds is 3. The van der Waals surface area contributed by atoms with Crippen LogP contribution in [0.5, 0.6) is 0 Å². The van der Waals surface area contributed by atoms with Crippen molar-refractivity contribution in [3.05, 3.63) is 10.4 Å². The minimum absolute atomic E-state index is 0.237. The Morgan fingerprint density at radius 2 is 2.18 bits per heavy atom. The van der Waals surface area contributed by atoms with Crippen LogP contribution < -0.4 is 5.32 Å². The molecule has 0 aliphatic carbocycles. The van der Waals surface area contributed by atoms with E-state index in [4.69, 9.17) is 5.26 Å². The van der Waals surface area contributed by atoms with Crippen molar-refractivity contribution in [3.63, 3.8) is 0 Å². The van der Waals surface area contributed by atoms with Crippen molar-refractivity contribution < 1.29 is 14.3 Å². The van der Waals surface area contributed by atoms with Crippen LogP contribution in [0.25, 0.3) is 0 Å².